The topological polar surface area (TPSA) is 72.7 Å². The third-order valence-corrected chi connectivity index (χ3v) is 7.21. The molecule has 6 nitrogen and oxygen atoms in total. The summed E-state index contributed by atoms with van der Waals surface area (Å²) < 4.78 is 3.26. The summed E-state index contributed by atoms with van der Waals surface area (Å²) in [5.41, 5.74) is 4.07. The zero-order valence-corrected chi connectivity index (χ0v) is 18.3. The van der Waals surface area contributed by atoms with Crippen molar-refractivity contribution in [2.45, 2.75) is 43.1 Å². The molecule has 30 heavy (non-hydrogen) atoms. The number of aromatic nitrogens is 4. The van der Waals surface area contributed by atoms with E-state index in [0.717, 1.165) is 39.8 Å². The zero-order chi connectivity index (χ0) is 20.7. The lowest BCUT2D eigenvalue weighted by molar-refractivity contribution is -0.115. The van der Waals surface area contributed by atoms with Crippen LogP contribution in [0, 0.1) is 6.92 Å². The minimum Gasteiger partial charge on any atom is -0.325 e. The number of amides is 1. The molecule has 8 heteroatoms. The molecule has 5 rings (SSSR count). The minimum absolute atomic E-state index is 0.0476. The van der Waals surface area contributed by atoms with Crippen LogP contribution in [-0.2, 0) is 4.79 Å². The Morgan fingerprint density at radius 3 is 2.80 bits per heavy atom. The number of fused-ring (bicyclic) bond motifs is 1. The van der Waals surface area contributed by atoms with Crippen LogP contribution in [0.25, 0.3) is 20.8 Å². The number of hydrogen-bond donors (Lipinski definition) is 1. The molecule has 1 aliphatic carbocycles. The van der Waals surface area contributed by atoms with Crippen LogP contribution < -0.4 is 5.32 Å². The van der Waals surface area contributed by atoms with Gasteiger partial charge in [0.15, 0.2) is 5.16 Å². The number of anilines is 1. The van der Waals surface area contributed by atoms with E-state index in [0.29, 0.717) is 6.04 Å². The highest BCUT2D eigenvalue weighted by Crippen LogP contribution is 2.38. The lowest BCUT2D eigenvalue weighted by atomic mass is 10.2. The Bertz CT molecular complexity index is 1210. The van der Waals surface area contributed by atoms with E-state index in [2.05, 4.69) is 45.2 Å². The molecule has 1 atom stereocenters. The van der Waals surface area contributed by atoms with Crippen molar-refractivity contribution in [3.8, 4) is 10.6 Å². The van der Waals surface area contributed by atoms with E-state index in [1.165, 1.54) is 22.0 Å². The quantitative estimate of drug-likeness (QED) is 0.415. The van der Waals surface area contributed by atoms with E-state index < -0.39 is 0 Å². The second-order valence-electron chi connectivity index (χ2n) is 7.57. The smallest absolute Gasteiger partial charge is 0.237 e. The maximum absolute atomic E-state index is 12.6. The molecule has 2 aromatic heterocycles. The van der Waals surface area contributed by atoms with Gasteiger partial charge in [-0.25, -0.2) is 4.98 Å². The first-order valence-corrected chi connectivity index (χ1v) is 11.6. The van der Waals surface area contributed by atoms with Crippen molar-refractivity contribution in [3.05, 3.63) is 54.4 Å². The van der Waals surface area contributed by atoms with Gasteiger partial charge in [-0.2, -0.15) is 0 Å². The van der Waals surface area contributed by atoms with Crippen LogP contribution >= 0.6 is 23.1 Å². The number of hydrogen-bond acceptors (Lipinski definition) is 6. The molecule has 0 aliphatic heterocycles. The molecule has 1 fully saturated rings. The third kappa shape index (κ3) is 3.97. The average molecular weight is 436 g/mol. The molecule has 2 aromatic carbocycles. The zero-order valence-electron chi connectivity index (χ0n) is 16.7. The fraction of sp³-hybridized carbons (Fsp3) is 0.273. The molecule has 1 unspecified atom stereocenters. The summed E-state index contributed by atoms with van der Waals surface area (Å²) in [6.07, 6.45) is 4.08. The lowest BCUT2D eigenvalue weighted by Crippen LogP contribution is -2.22. The Morgan fingerprint density at radius 2 is 2.03 bits per heavy atom. The van der Waals surface area contributed by atoms with Gasteiger partial charge in [0, 0.05) is 17.3 Å². The van der Waals surface area contributed by atoms with Crippen molar-refractivity contribution in [3.63, 3.8) is 0 Å². The highest BCUT2D eigenvalue weighted by molar-refractivity contribution is 8.00. The predicted octanol–water partition coefficient (Wildman–Crippen LogP) is 5.32. The van der Waals surface area contributed by atoms with E-state index in [4.69, 9.17) is 4.98 Å². The van der Waals surface area contributed by atoms with Crippen LogP contribution in [0.3, 0.4) is 0 Å². The summed E-state index contributed by atoms with van der Waals surface area (Å²) in [6, 6.07) is 14.6. The van der Waals surface area contributed by atoms with Crippen LogP contribution in [0.2, 0.25) is 0 Å². The second-order valence-corrected chi connectivity index (χ2v) is 9.91. The number of benzene rings is 2. The van der Waals surface area contributed by atoms with Crippen LogP contribution in [0.1, 0.15) is 31.4 Å². The van der Waals surface area contributed by atoms with Crippen molar-refractivity contribution in [2.75, 3.05) is 5.32 Å². The predicted molar refractivity (Wildman–Crippen MR) is 122 cm³/mol. The summed E-state index contributed by atoms with van der Waals surface area (Å²) in [5.74, 6) is -0.0476. The second kappa shape index (κ2) is 7.85. The van der Waals surface area contributed by atoms with Gasteiger partial charge in [0.05, 0.1) is 15.5 Å². The maximum atomic E-state index is 12.6. The molecule has 0 spiro atoms. The number of nitrogens with one attached hydrogen (secondary N) is 1. The number of thioether (sulfide) groups is 1. The van der Waals surface area contributed by atoms with Crippen molar-refractivity contribution < 1.29 is 4.79 Å². The summed E-state index contributed by atoms with van der Waals surface area (Å²) >= 11 is 3.13. The van der Waals surface area contributed by atoms with Crippen molar-refractivity contribution in [2.24, 2.45) is 0 Å². The summed E-state index contributed by atoms with van der Waals surface area (Å²) in [6.45, 7) is 3.98. The van der Waals surface area contributed by atoms with Crippen molar-refractivity contribution in [1.82, 2.24) is 19.7 Å². The number of carbonyl (C=O) groups excluding carboxylic acids is 1. The Kier molecular flexibility index (Phi) is 5.04. The third-order valence-electron chi connectivity index (χ3n) is 5.08. The standard InChI is InChI=1S/C22H21N5OS2/c1-13-3-10-18-19(11-13)30-21(25-18)15-4-6-16(7-5-15)24-20(28)14(2)29-22-26-23-12-27(22)17-8-9-17/h3-7,10-12,14,17H,8-9H2,1-2H3,(H,24,28). The molecule has 1 amide bonds. The molecule has 1 N–H and O–H groups in total. The molecule has 0 saturated heterocycles. The Labute approximate surface area is 182 Å². The van der Waals surface area contributed by atoms with Gasteiger partial charge >= 0.3 is 0 Å². The minimum atomic E-state index is -0.265. The molecular weight excluding hydrogens is 414 g/mol. The van der Waals surface area contributed by atoms with E-state index >= 15 is 0 Å². The number of carbonyl (C=O) groups is 1. The number of rotatable bonds is 6. The molecule has 0 bridgehead atoms. The van der Waals surface area contributed by atoms with Gasteiger partial charge in [-0.1, -0.05) is 17.8 Å². The van der Waals surface area contributed by atoms with E-state index in [-0.39, 0.29) is 11.2 Å². The molecule has 2 heterocycles. The first kappa shape index (κ1) is 19.3. The Hall–Kier alpha value is -2.71. The van der Waals surface area contributed by atoms with Gasteiger partial charge in [0.1, 0.15) is 11.3 Å². The molecule has 152 valence electrons. The SMILES string of the molecule is Cc1ccc2nc(-c3ccc(NC(=O)C(C)Sc4nncn4C4CC4)cc3)sc2c1. The summed E-state index contributed by atoms with van der Waals surface area (Å²) in [4.78, 5) is 17.4. The molecule has 1 saturated carbocycles. The van der Waals surface area contributed by atoms with Crippen LogP contribution in [-0.4, -0.2) is 30.9 Å². The first-order chi connectivity index (χ1) is 14.6. The Morgan fingerprint density at radius 1 is 1.23 bits per heavy atom. The summed E-state index contributed by atoms with van der Waals surface area (Å²) in [7, 11) is 0. The normalized spacial score (nSPS) is 14.7. The fourth-order valence-corrected chi connectivity index (χ4v) is 5.19. The number of nitrogens with zero attached hydrogens (tertiary/aromatic N) is 4. The van der Waals surface area contributed by atoms with Gasteiger partial charge < -0.3 is 9.88 Å². The highest BCUT2D eigenvalue weighted by Gasteiger charge is 2.28. The number of thiazole rings is 1. The van der Waals surface area contributed by atoms with Gasteiger partial charge in [-0.3, -0.25) is 4.79 Å². The fourth-order valence-electron chi connectivity index (χ4n) is 3.23. The van der Waals surface area contributed by atoms with E-state index in [1.54, 1.807) is 17.7 Å². The molecule has 0 radical (unpaired) electrons. The molecule has 4 aromatic rings. The first-order valence-electron chi connectivity index (χ1n) is 9.91. The van der Waals surface area contributed by atoms with E-state index in [1.807, 2.05) is 31.2 Å². The average Bonchev–Trinajstić information content (AvgIpc) is 3.33. The maximum Gasteiger partial charge on any atom is 0.237 e. The number of aryl methyl sites for hydroxylation is 1. The van der Waals surface area contributed by atoms with Crippen LogP contribution in [0.15, 0.2) is 53.9 Å². The molecular formula is C22H21N5OS2. The summed E-state index contributed by atoms with van der Waals surface area (Å²) in [5, 5.41) is 12.7. The van der Waals surface area contributed by atoms with Gasteiger partial charge in [-0.15, -0.1) is 21.5 Å². The van der Waals surface area contributed by atoms with Crippen molar-refractivity contribution in [1.29, 1.82) is 0 Å². The van der Waals surface area contributed by atoms with Crippen molar-refractivity contribution >= 4 is 44.9 Å². The van der Waals surface area contributed by atoms with Gasteiger partial charge in [0.25, 0.3) is 0 Å². The highest BCUT2D eigenvalue weighted by atomic mass is 32.2. The largest absolute Gasteiger partial charge is 0.325 e. The van der Waals surface area contributed by atoms with E-state index in [9.17, 15) is 4.79 Å². The van der Waals surface area contributed by atoms with Crippen LogP contribution in [0.4, 0.5) is 5.69 Å². The monoisotopic (exact) mass is 435 g/mol. The van der Waals surface area contributed by atoms with Crippen LogP contribution in [0.5, 0.6) is 0 Å². The molecule has 1 aliphatic rings. The Balaban J connectivity index is 1.25. The van der Waals surface area contributed by atoms with Gasteiger partial charge in [0.2, 0.25) is 5.91 Å². The lowest BCUT2D eigenvalue weighted by Gasteiger charge is -2.12. The van der Waals surface area contributed by atoms with Gasteiger partial charge in [-0.05, 0) is 68.7 Å².